The van der Waals surface area contributed by atoms with E-state index in [1.54, 1.807) is 12.3 Å². The largest absolute Gasteiger partial charge is 0.492 e. The quantitative estimate of drug-likeness (QED) is 0.589. The highest BCUT2D eigenvalue weighted by Gasteiger charge is 2.27. The summed E-state index contributed by atoms with van der Waals surface area (Å²) in [7, 11) is 0. The van der Waals surface area contributed by atoms with Crippen LogP contribution in [0.4, 0.5) is 10.5 Å². The summed E-state index contributed by atoms with van der Waals surface area (Å²) in [4.78, 5) is 31.4. The molecule has 0 spiro atoms. The summed E-state index contributed by atoms with van der Waals surface area (Å²) in [6.07, 6.45) is 5.35. The zero-order chi connectivity index (χ0) is 21.3. The number of carbonyl (C=O) groups excluding carboxylic acids is 2. The Labute approximate surface area is 181 Å². The van der Waals surface area contributed by atoms with Crippen LogP contribution >= 0.6 is 11.3 Å². The maximum atomic E-state index is 13.3. The topological polar surface area (TPSA) is 80.8 Å². The SMILES string of the molecule is CCOC(=O)c1csc(CN(C(=O)Nc2ccccc2OCC)C2CCCCC2)n1. The van der Waals surface area contributed by atoms with Crippen molar-refractivity contribution in [3.8, 4) is 5.75 Å². The fourth-order valence-corrected chi connectivity index (χ4v) is 4.39. The second-order valence-corrected chi connectivity index (χ2v) is 8.07. The third-order valence-electron chi connectivity index (χ3n) is 5.05. The molecule has 1 aliphatic rings. The molecule has 0 bridgehead atoms. The van der Waals surface area contributed by atoms with Gasteiger partial charge in [0.1, 0.15) is 10.8 Å². The second-order valence-electron chi connectivity index (χ2n) is 7.13. The van der Waals surface area contributed by atoms with Gasteiger partial charge < -0.3 is 19.7 Å². The van der Waals surface area contributed by atoms with Crippen molar-refractivity contribution in [3.63, 3.8) is 0 Å². The molecule has 162 valence electrons. The number of hydrogen-bond acceptors (Lipinski definition) is 6. The highest BCUT2D eigenvalue weighted by atomic mass is 32.1. The standard InChI is InChI=1S/C22H29N3O4S/c1-3-28-19-13-9-8-12-17(19)24-22(27)25(16-10-6-5-7-11-16)14-20-23-18(15-30-20)21(26)29-4-2/h8-9,12-13,15-16H,3-7,10-11,14H2,1-2H3,(H,24,27). The Morgan fingerprint density at radius 2 is 1.93 bits per heavy atom. The van der Waals surface area contributed by atoms with Crippen LogP contribution in [0.1, 0.15) is 61.4 Å². The minimum atomic E-state index is -0.431. The summed E-state index contributed by atoms with van der Waals surface area (Å²) in [6, 6.07) is 7.40. The molecule has 1 N–H and O–H groups in total. The van der Waals surface area contributed by atoms with E-state index in [4.69, 9.17) is 9.47 Å². The van der Waals surface area contributed by atoms with E-state index in [0.29, 0.717) is 36.9 Å². The lowest BCUT2D eigenvalue weighted by atomic mass is 9.94. The Morgan fingerprint density at radius 3 is 2.67 bits per heavy atom. The lowest BCUT2D eigenvalue weighted by Crippen LogP contribution is -2.43. The van der Waals surface area contributed by atoms with Gasteiger partial charge >= 0.3 is 12.0 Å². The maximum absolute atomic E-state index is 13.3. The third-order valence-corrected chi connectivity index (χ3v) is 5.88. The molecular formula is C22H29N3O4S. The molecule has 1 aromatic heterocycles. The number of esters is 1. The van der Waals surface area contributed by atoms with Crippen LogP contribution in [0.3, 0.4) is 0 Å². The second kappa shape index (κ2) is 11.0. The van der Waals surface area contributed by atoms with Crippen LogP contribution in [0.25, 0.3) is 0 Å². The fraction of sp³-hybridized carbons (Fsp3) is 0.500. The fourth-order valence-electron chi connectivity index (χ4n) is 3.63. The average Bonchev–Trinajstić information content (AvgIpc) is 3.23. The normalized spacial score (nSPS) is 14.2. The van der Waals surface area contributed by atoms with E-state index in [1.807, 2.05) is 36.1 Å². The zero-order valence-electron chi connectivity index (χ0n) is 17.6. The number of amides is 2. The molecule has 7 nitrogen and oxygen atoms in total. The van der Waals surface area contributed by atoms with E-state index >= 15 is 0 Å². The number of para-hydroxylation sites is 2. The smallest absolute Gasteiger partial charge is 0.357 e. The van der Waals surface area contributed by atoms with Crippen molar-refractivity contribution < 1.29 is 19.1 Å². The van der Waals surface area contributed by atoms with Crippen molar-refractivity contribution in [3.05, 3.63) is 40.3 Å². The van der Waals surface area contributed by atoms with Gasteiger partial charge in [-0.1, -0.05) is 31.4 Å². The van der Waals surface area contributed by atoms with E-state index in [2.05, 4.69) is 10.3 Å². The third kappa shape index (κ3) is 5.72. The summed E-state index contributed by atoms with van der Waals surface area (Å²) in [5.41, 5.74) is 0.944. The first-order valence-corrected chi connectivity index (χ1v) is 11.4. The molecule has 1 aromatic carbocycles. The average molecular weight is 432 g/mol. The molecule has 1 aliphatic carbocycles. The van der Waals surface area contributed by atoms with Crippen molar-refractivity contribution in [1.29, 1.82) is 0 Å². The molecule has 0 saturated heterocycles. The number of hydrogen-bond donors (Lipinski definition) is 1. The maximum Gasteiger partial charge on any atom is 0.357 e. The molecule has 2 aromatic rings. The van der Waals surface area contributed by atoms with Gasteiger partial charge in [-0.3, -0.25) is 0 Å². The number of rotatable bonds is 8. The first kappa shape index (κ1) is 22.1. The van der Waals surface area contributed by atoms with Crippen LogP contribution in [0.15, 0.2) is 29.6 Å². The summed E-state index contributed by atoms with van der Waals surface area (Å²) in [5, 5.41) is 5.42. The number of anilines is 1. The van der Waals surface area contributed by atoms with Gasteiger partial charge in [0, 0.05) is 11.4 Å². The lowest BCUT2D eigenvalue weighted by Gasteiger charge is -2.34. The molecule has 3 rings (SSSR count). The molecular weight excluding hydrogens is 402 g/mol. The Morgan fingerprint density at radius 1 is 1.17 bits per heavy atom. The van der Waals surface area contributed by atoms with Gasteiger partial charge in [-0.05, 0) is 38.8 Å². The van der Waals surface area contributed by atoms with Gasteiger partial charge in [-0.25, -0.2) is 14.6 Å². The molecule has 0 atom stereocenters. The van der Waals surface area contributed by atoms with Crippen LogP contribution in [0.5, 0.6) is 5.75 Å². The van der Waals surface area contributed by atoms with E-state index in [1.165, 1.54) is 17.8 Å². The van der Waals surface area contributed by atoms with Crippen molar-refractivity contribution in [2.45, 2.75) is 58.5 Å². The van der Waals surface area contributed by atoms with Crippen molar-refractivity contribution in [2.75, 3.05) is 18.5 Å². The Bertz CT molecular complexity index is 848. The minimum absolute atomic E-state index is 0.146. The molecule has 8 heteroatoms. The molecule has 0 unspecified atom stereocenters. The van der Waals surface area contributed by atoms with Crippen molar-refractivity contribution >= 4 is 29.0 Å². The first-order chi connectivity index (χ1) is 14.6. The zero-order valence-corrected chi connectivity index (χ0v) is 18.4. The van der Waals surface area contributed by atoms with Gasteiger partial charge in [0.2, 0.25) is 0 Å². The lowest BCUT2D eigenvalue weighted by molar-refractivity contribution is 0.0520. The van der Waals surface area contributed by atoms with Gasteiger partial charge in [0.25, 0.3) is 0 Å². The Kier molecular flexibility index (Phi) is 8.07. The number of carbonyl (C=O) groups is 2. The summed E-state index contributed by atoms with van der Waals surface area (Å²) >= 11 is 1.37. The summed E-state index contributed by atoms with van der Waals surface area (Å²) in [5.74, 6) is 0.218. The van der Waals surface area contributed by atoms with E-state index < -0.39 is 5.97 Å². The predicted molar refractivity (Wildman–Crippen MR) is 117 cm³/mol. The van der Waals surface area contributed by atoms with Crippen LogP contribution in [-0.4, -0.2) is 41.1 Å². The first-order valence-electron chi connectivity index (χ1n) is 10.5. The Balaban J connectivity index is 1.77. The number of ether oxygens (including phenoxy) is 2. The monoisotopic (exact) mass is 431 g/mol. The molecule has 2 amide bonds. The molecule has 1 heterocycles. The number of nitrogens with one attached hydrogen (secondary N) is 1. The molecule has 1 saturated carbocycles. The van der Waals surface area contributed by atoms with Gasteiger partial charge in [-0.2, -0.15) is 0 Å². The van der Waals surface area contributed by atoms with Gasteiger partial charge in [0.05, 0.1) is 25.4 Å². The number of nitrogens with zero attached hydrogens (tertiary/aromatic N) is 2. The Hall–Kier alpha value is -2.61. The number of thiazole rings is 1. The van der Waals surface area contributed by atoms with E-state index in [-0.39, 0.29) is 12.1 Å². The summed E-state index contributed by atoms with van der Waals surface area (Å²) in [6.45, 7) is 4.87. The molecule has 1 fully saturated rings. The van der Waals surface area contributed by atoms with Crippen LogP contribution in [0, 0.1) is 0 Å². The van der Waals surface area contributed by atoms with Crippen LogP contribution in [0.2, 0.25) is 0 Å². The van der Waals surface area contributed by atoms with Crippen LogP contribution < -0.4 is 10.1 Å². The summed E-state index contributed by atoms with van der Waals surface area (Å²) < 4.78 is 10.7. The molecule has 0 aliphatic heterocycles. The van der Waals surface area contributed by atoms with Gasteiger partial charge in [-0.15, -0.1) is 11.3 Å². The predicted octanol–water partition coefficient (Wildman–Crippen LogP) is 5.09. The van der Waals surface area contributed by atoms with E-state index in [0.717, 1.165) is 30.7 Å². The van der Waals surface area contributed by atoms with Gasteiger partial charge in [0.15, 0.2) is 5.69 Å². The van der Waals surface area contributed by atoms with Crippen molar-refractivity contribution in [2.24, 2.45) is 0 Å². The van der Waals surface area contributed by atoms with Crippen molar-refractivity contribution in [1.82, 2.24) is 9.88 Å². The molecule has 30 heavy (non-hydrogen) atoms. The number of aromatic nitrogens is 1. The van der Waals surface area contributed by atoms with E-state index in [9.17, 15) is 9.59 Å². The molecule has 0 radical (unpaired) electrons. The van der Waals surface area contributed by atoms with Crippen LogP contribution in [-0.2, 0) is 11.3 Å². The highest BCUT2D eigenvalue weighted by molar-refractivity contribution is 7.09. The minimum Gasteiger partial charge on any atom is -0.492 e. The highest BCUT2D eigenvalue weighted by Crippen LogP contribution is 2.28. The number of urea groups is 1. The number of benzene rings is 1.